The van der Waals surface area contributed by atoms with Crippen molar-refractivity contribution in [2.45, 2.75) is 19.5 Å². The van der Waals surface area contributed by atoms with Gasteiger partial charge in [0.2, 0.25) is 0 Å². The van der Waals surface area contributed by atoms with E-state index in [0.29, 0.717) is 6.04 Å². The summed E-state index contributed by atoms with van der Waals surface area (Å²) < 4.78 is 4.30. The van der Waals surface area contributed by atoms with Gasteiger partial charge in [0, 0.05) is 51.8 Å². The molecule has 1 aliphatic heterocycles. The zero-order valence-electron chi connectivity index (χ0n) is 13.6. The lowest BCUT2D eigenvalue weighted by molar-refractivity contribution is 0.142. The molecule has 6 heteroatoms. The Kier molecular flexibility index (Phi) is 3.63. The number of aromatic nitrogens is 4. The lowest BCUT2D eigenvalue weighted by Gasteiger charge is -2.35. The van der Waals surface area contributed by atoms with E-state index in [4.69, 9.17) is 0 Å². The molecule has 1 atom stereocenters. The van der Waals surface area contributed by atoms with Gasteiger partial charge in [0.05, 0.1) is 17.9 Å². The van der Waals surface area contributed by atoms with E-state index in [1.54, 1.807) is 0 Å². The van der Waals surface area contributed by atoms with E-state index < -0.39 is 0 Å². The minimum Gasteiger partial charge on any atom is -0.337 e. The van der Waals surface area contributed by atoms with Gasteiger partial charge in [0.1, 0.15) is 11.5 Å². The van der Waals surface area contributed by atoms with Crippen LogP contribution >= 0.6 is 0 Å². The molecule has 6 nitrogen and oxygen atoms in total. The van der Waals surface area contributed by atoms with Gasteiger partial charge in [-0.15, -0.1) is 0 Å². The number of nitrogens with one attached hydrogen (secondary N) is 1. The summed E-state index contributed by atoms with van der Waals surface area (Å²) in [6.45, 7) is 5.93. The van der Waals surface area contributed by atoms with Gasteiger partial charge in [-0.25, -0.2) is 9.97 Å². The second kappa shape index (κ2) is 5.79. The van der Waals surface area contributed by atoms with Crippen LogP contribution in [-0.2, 0) is 13.6 Å². The van der Waals surface area contributed by atoms with Gasteiger partial charge >= 0.3 is 0 Å². The molecule has 120 valence electrons. The normalized spacial score (nSPS) is 19.5. The van der Waals surface area contributed by atoms with Gasteiger partial charge in [-0.1, -0.05) is 0 Å². The number of hydrogen-bond donors (Lipinski definition) is 1. The Labute approximate surface area is 135 Å². The molecule has 3 aromatic rings. The molecule has 4 heterocycles. The van der Waals surface area contributed by atoms with Crippen molar-refractivity contribution in [2.75, 3.05) is 19.6 Å². The Morgan fingerprint density at radius 2 is 2.22 bits per heavy atom. The zero-order valence-corrected chi connectivity index (χ0v) is 13.6. The molecule has 0 amide bonds. The molecule has 0 spiro atoms. The summed E-state index contributed by atoms with van der Waals surface area (Å²) in [5.41, 5.74) is 3.48. The second-order valence-electron chi connectivity index (χ2n) is 6.27. The average molecular weight is 310 g/mol. The monoisotopic (exact) mass is 310 g/mol. The van der Waals surface area contributed by atoms with E-state index in [1.807, 2.05) is 18.6 Å². The fourth-order valence-corrected chi connectivity index (χ4v) is 3.35. The Bertz CT molecular complexity index is 817. The minimum absolute atomic E-state index is 0.291. The number of fused-ring (bicyclic) bond motifs is 1. The number of aryl methyl sites for hydroxylation is 2. The van der Waals surface area contributed by atoms with Gasteiger partial charge < -0.3 is 14.3 Å². The molecule has 0 aliphatic carbocycles. The van der Waals surface area contributed by atoms with Crippen LogP contribution < -0.4 is 5.32 Å². The van der Waals surface area contributed by atoms with Crippen LogP contribution in [-0.4, -0.2) is 43.5 Å². The van der Waals surface area contributed by atoms with E-state index >= 15 is 0 Å². The molecule has 23 heavy (non-hydrogen) atoms. The lowest BCUT2D eigenvalue weighted by Crippen LogP contribution is -2.46. The molecule has 1 aliphatic rings. The topological polar surface area (TPSA) is 50.4 Å². The molecule has 3 aromatic heterocycles. The first kappa shape index (κ1) is 14.4. The maximum absolute atomic E-state index is 4.55. The highest BCUT2D eigenvalue weighted by molar-refractivity contribution is 5.42. The lowest BCUT2D eigenvalue weighted by atomic mass is 10.1. The maximum atomic E-state index is 4.55. The molecule has 1 fully saturated rings. The Morgan fingerprint density at radius 1 is 1.30 bits per heavy atom. The number of imidazole rings is 2. The quantitative estimate of drug-likeness (QED) is 0.797. The largest absolute Gasteiger partial charge is 0.337 e. The standard InChI is InChI=1S/C17H22N6/c1-13-3-6-23-14(10-20-16(23)9-13)12-22-8-4-18-11-15(22)17-19-5-7-21(17)2/h3,5-7,9-10,15,18H,4,8,11-12H2,1-2H3. The number of nitrogens with zero attached hydrogens (tertiary/aromatic N) is 5. The average Bonchev–Trinajstić information content (AvgIpc) is 3.14. The Morgan fingerprint density at radius 3 is 3.04 bits per heavy atom. The number of pyridine rings is 1. The van der Waals surface area contributed by atoms with Crippen molar-refractivity contribution in [1.82, 2.24) is 29.2 Å². The SMILES string of the molecule is Cc1ccn2c(CN3CCNCC3c3nccn3C)cnc2c1. The van der Waals surface area contributed by atoms with Crippen LogP contribution in [0.3, 0.4) is 0 Å². The maximum Gasteiger partial charge on any atom is 0.137 e. The van der Waals surface area contributed by atoms with Crippen LogP contribution in [0.4, 0.5) is 0 Å². The van der Waals surface area contributed by atoms with Gasteiger partial charge in [-0.2, -0.15) is 0 Å². The minimum atomic E-state index is 0.291. The summed E-state index contributed by atoms with van der Waals surface area (Å²) in [7, 11) is 2.06. The van der Waals surface area contributed by atoms with E-state index in [0.717, 1.165) is 37.7 Å². The summed E-state index contributed by atoms with van der Waals surface area (Å²) in [6, 6.07) is 4.55. The smallest absolute Gasteiger partial charge is 0.137 e. The van der Waals surface area contributed by atoms with Crippen molar-refractivity contribution in [3.05, 3.63) is 54.0 Å². The van der Waals surface area contributed by atoms with Crippen LogP contribution in [0, 0.1) is 6.92 Å². The molecule has 1 unspecified atom stereocenters. The van der Waals surface area contributed by atoms with Crippen molar-refractivity contribution < 1.29 is 0 Å². The van der Waals surface area contributed by atoms with Crippen LogP contribution in [0.5, 0.6) is 0 Å². The fraction of sp³-hybridized carbons (Fsp3) is 0.412. The third-order valence-electron chi connectivity index (χ3n) is 4.62. The highest BCUT2D eigenvalue weighted by Crippen LogP contribution is 2.23. The molecule has 1 saturated heterocycles. The molecular weight excluding hydrogens is 288 g/mol. The number of piperazine rings is 1. The number of rotatable bonds is 3. The summed E-state index contributed by atoms with van der Waals surface area (Å²) in [6.07, 6.45) is 8.00. The highest BCUT2D eigenvalue weighted by atomic mass is 15.3. The summed E-state index contributed by atoms with van der Waals surface area (Å²) in [5.74, 6) is 1.11. The van der Waals surface area contributed by atoms with Crippen LogP contribution in [0.1, 0.15) is 23.1 Å². The van der Waals surface area contributed by atoms with Gasteiger partial charge in [0.15, 0.2) is 0 Å². The van der Waals surface area contributed by atoms with E-state index in [2.05, 4.69) is 61.5 Å². The van der Waals surface area contributed by atoms with Crippen molar-refractivity contribution in [3.8, 4) is 0 Å². The van der Waals surface area contributed by atoms with E-state index in [9.17, 15) is 0 Å². The molecule has 4 rings (SSSR count). The van der Waals surface area contributed by atoms with Gasteiger partial charge in [0.25, 0.3) is 0 Å². The highest BCUT2D eigenvalue weighted by Gasteiger charge is 2.27. The van der Waals surface area contributed by atoms with Crippen LogP contribution in [0.15, 0.2) is 36.9 Å². The Hall–Kier alpha value is -2.18. The molecule has 0 radical (unpaired) electrons. The molecule has 0 bridgehead atoms. The summed E-state index contributed by atoms with van der Waals surface area (Å²) >= 11 is 0. The molecule has 1 N–H and O–H groups in total. The van der Waals surface area contributed by atoms with Crippen LogP contribution in [0.2, 0.25) is 0 Å². The molecule has 0 aromatic carbocycles. The van der Waals surface area contributed by atoms with Crippen molar-refractivity contribution in [3.63, 3.8) is 0 Å². The van der Waals surface area contributed by atoms with Gasteiger partial charge in [-0.05, 0) is 24.6 Å². The third kappa shape index (κ3) is 2.64. The van der Waals surface area contributed by atoms with Gasteiger partial charge in [-0.3, -0.25) is 4.90 Å². The zero-order chi connectivity index (χ0) is 15.8. The fourth-order valence-electron chi connectivity index (χ4n) is 3.35. The predicted molar refractivity (Wildman–Crippen MR) is 89.2 cm³/mol. The predicted octanol–water partition coefficient (Wildman–Crippen LogP) is 1.52. The van der Waals surface area contributed by atoms with E-state index in [1.165, 1.54) is 11.3 Å². The first-order valence-electron chi connectivity index (χ1n) is 8.07. The Balaban J connectivity index is 1.64. The van der Waals surface area contributed by atoms with Crippen molar-refractivity contribution in [2.24, 2.45) is 7.05 Å². The molecule has 0 saturated carbocycles. The number of hydrogen-bond acceptors (Lipinski definition) is 4. The van der Waals surface area contributed by atoms with Crippen molar-refractivity contribution in [1.29, 1.82) is 0 Å². The summed E-state index contributed by atoms with van der Waals surface area (Å²) in [4.78, 5) is 11.6. The first-order valence-corrected chi connectivity index (χ1v) is 8.07. The first-order chi connectivity index (χ1) is 11.2. The second-order valence-corrected chi connectivity index (χ2v) is 6.27. The summed E-state index contributed by atoms with van der Waals surface area (Å²) in [5, 5.41) is 3.49. The van der Waals surface area contributed by atoms with Crippen LogP contribution in [0.25, 0.3) is 5.65 Å². The van der Waals surface area contributed by atoms with Crippen molar-refractivity contribution >= 4 is 5.65 Å². The van der Waals surface area contributed by atoms with E-state index in [-0.39, 0.29) is 0 Å². The third-order valence-corrected chi connectivity index (χ3v) is 4.62. The molecular formula is C17H22N6.